The van der Waals surface area contributed by atoms with Crippen molar-refractivity contribution in [3.05, 3.63) is 57.6 Å². The van der Waals surface area contributed by atoms with Crippen LogP contribution in [0.4, 0.5) is 5.69 Å². The van der Waals surface area contributed by atoms with Crippen LogP contribution in [0.2, 0.25) is 0 Å². The Balaban J connectivity index is 2.30. The first-order chi connectivity index (χ1) is 12.5. The number of ether oxygens (including phenoxy) is 4. The van der Waals surface area contributed by atoms with Crippen LogP contribution in [-0.2, 0) is 11.3 Å². The van der Waals surface area contributed by atoms with Crippen LogP contribution in [0.1, 0.15) is 22.8 Å². The van der Waals surface area contributed by atoms with Gasteiger partial charge in [-0.25, -0.2) is 4.79 Å². The van der Waals surface area contributed by atoms with E-state index in [1.807, 2.05) is 0 Å². The third kappa shape index (κ3) is 4.21. The second kappa shape index (κ2) is 8.70. The highest BCUT2D eigenvalue weighted by Crippen LogP contribution is 2.35. The van der Waals surface area contributed by atoms with Gasteiger partial charge in [0.2, 0.25) is 0 Å². The van der Waals surface area contributed by atoms with Crippen molar-refractivity contribution >= 4 is 11.7 Å². The number of rotatable bonds is 8. The van der Waals surface area contributed by atoms with Crippen LogP contribution in [-0.4, -0.2) is 31.7 Å². The summed E-state index contributed by atoms with van der Waals surface area (Å²) in [4.78, 5) is 23.1. The van der Waals surface area contributed by atoms with E-state index in [-0.39, 0.29) is 23.7 Å². The molecule has 0 saturated carbocycles. The predicted octanol–water partition coefficient (Wildman–Crippen LogP) is 3.37. The maximum absolute atomic E-state index is 12.4. The second-order valence-electron chi connectivity index (χ2n) is 5.10. The molecule has 0 radical (unpaired) electrons. The van der Waals surface area contributed by atoms with E-state index in [1.165, 1.54) is 20.3 Å². The first kappa shape index (κ1) is 19.0. The van der Waals surface area contributed by atoms with Crippen molar-refractivity contribution in [2.75, 3.05) is 20.8 Å². The number of methoxy groups -OCH3 is 2. The highest BCUT2D eigenvalue weighted by molar-refractivity contribution is 5.95. The van der Waals surface area contributed by atoms with Gasteiger partial charge in [0.05, 0.1) is 31.8 Å². The summed E-state index contributed by atoms with van der Waals surface area (Å²) >= 11 is 0. The van der Waals surface area contributed by atoms with Crippen molar-refractivity contribution in [3.8, 4) is 17.2 Å². The molecular formula is C18H19NO7. The minimum absolute atomic E-state index is 0.0878. The standard InChI is InChI=1S/C18H19NO7/c1-4-25-17-10-14(19(21)22)13(9-16(17)24-3)18(20)26-11-12-7-5-6-8-15(12)23-2/h5-10H,4,11H2,1-3H3. The molecule has 0 saturated heterocycles. The summed E-state index contributed by atoms with van der Waals surface area (Å²) in [5, 5.41) is 11.3. The van der Waals surface area contributed by atoms with Crippen molar-refractivity contribution < 1.29 is 28.7 Å². The Morgan fingerprint density at radius 2 is 1.77 bits per heavy atom. The molecule has 8 nitrogen and oxygen atoms in total. The minimum Gasteiger partial charge on any atom is -0.496 e. The Kier molecular flexibility index (Phi) is 6.37. The Morgan fingerprint density at radius 3 is 2.38 bits per heavy atom. The Labute approximate surface area is 150 Å². The zero-order chi connectivity index (χ0) is 19.1. The molecule has 138 valence electrons. The summed E-state index contributed by atoms with van der Waals surface area (Å²) < 4.78 is 20.9. The lowest BCUT2D eigenvalue weighted by atomic mass is 10.1. The highest BCUT2D eigenvalue weighted by atomic mass is 16.6. The van der Waals surface area contributed by atoms with Crippen LogP contribution >= 0.6 is 0 Å². The summed E-state index contributed by atoms with van der Waals surface area (Å²) in [7, 11) is 2.89. The third-order valence-corrected chi connectivity index (χ3v) is 3.55. The monoisotopic (exact) mass is 361 g/mol. The maximum atomic E-state index is 12.4. The van der Waals surface area contributed by atoms with Crippen molar-refractivity contribution in [3.63, 3.8) is 0 Å². The largest absolute Gasteiger partial charge is 0.496 e. The lowest BCUT2D eigenvalue weighted by Gasteiger charge is -2.12. The molecule has 2 rings (SSSR count). The fourth-order valence-electron chi connectivity index (χ4n) is 2.33. The van der Waals surface area contributed by atoms with Crippen LogP contribution in [0.15, 0.2) is 36.4 Å². The van der Waals surface area contributed by atoms with Crippen molar-refractivity contribution in [1.82, 2.24) is 0 Å². The van der Waals surface area contributed by atoms with E-state index in [9.17, 15) is 14.9 Å². The molecule has 8 heteroatoms. The molecule has 0 amide bonds. The highest BCUT2D eigenvalue weighted by Gasteiger charge is 2.26. The quantitative estimate of drug-likeness (QED) is 0.404. The average Bonchev–Trinajstić information content (AvgIpc) is 2.66. The summed E-state index contributed by atoms with van der Waals surface area (Å²) in [6.45, 7) is 1.95. The van der Waals surface area contributed by atoms with E-state index < -0.39 is 16.6 Å². The van der Waals surface area contributed by atoms with Gasteiger partial charge in [0.25, 0.3) is 5.69 Å². The van der Waals surface area contributed by atoms with Gasteiger partial charge in [-0.3, -0.25) is 10.1 Å². The number of nitro benzene ring substituents is 1. The van der Waals surface area contributed by atoms with Gasteiger partial charge in [0.1, 0.15) is 17.9 Å². The summed E-state index contributed by atoms with van der Waals surface area (Å²) in [5.41, 5.74) is 0.00776. The average molecular weight is 361 g/mol. The third-order valence-electron chi connectivity index (χ3n) is 3.55. The number of benzene rings is 2. The van der Waals surface area contributed by atoms with Gasteiger partial charge in [-0.2, -0.15) is 0 Å². The number of carbonyl (C=O) groups is 1. The zero-order valence-electron chi connectivity index (χ0n) is 14.7. The predicted molar refractivity (Wildman–Crippen MR) is 92.9 cm³/mol. The first-order valence-electron chi connectivity index (χ1n) is 7.80. The molecule has 0 N–H and O–H groups in total. The molecule has 0 aliphatic carbocycles. The molecule has 0 fully saturated rings. The van der Waals surface area contributed by atoms with Crippen LogP contribution in [0.25, 0.3) is 0 Å². The van der Waals surface area contributed by atoms with E-state index in [1.54, 1.807) is 31.2 Å². The Morgan fingerprint density at radius 1 is 1.08 bits per heavy atom. The number of para-hydroxylation sites is 1. The number of hydrogen-bond donors (Lipinski definition) is 0. The topological polar surface area (TPSA) is 97.1 Å². The van der Waals surface area contributed by atoms with Gasteiger partial charge in [0, 0.05) is 11.6 Å². The van der Waals surface area contributed by atoms with Gasteiger partial charge in [-0.1, -0.05) is 18.2 Å². The van der Waals surface area contributed by atoms with Gasteiger partial charge in [0.15, 0.2) is 11.5 Å². The fraction of sp³-hybridized carbons (Fsp3) is 0.278. The second-order valence-corrected chi connectivity index (χ2v) is 5.10. The molecule has 0 aliphatic rings. The molecular weight excluding hydrogens is 342 g/mol. The van der Waals surface area contributed by atoms with Gasteiger partial charge < -0.3 is 18.9 Å². The normalized spacial score (nSPS) is 10.1. The Bertz CT molecular complexity index is 804. The van der Waals surface area contributed by atoms with Crippen LogP contribution in [0.5, 0.6) is 17.2 Å². The molecule has 0 unspecified atom stereocenters. The summed E-state index contributed by atoms with van der Waals surface area (Å²) in [6.07, 6.45) is 0. The van der Waals surface area contributed by atoms with Gasteiger partial charge in [-0.15, -0.1) is 0 Å². The maximum Gasteiger partial charge on any atom is 0.345 e. The SMILES string of the molecule is CCOc1cc([N+](=O)[O-])c(C(=O)OCc2ccccc2OC)cc1OC. The number of nitro groups is 1. The number of carbonyl (C=O) groups excluding carboxylic acids is 1. The molecule has 26 heavy (non-hydrogen) atoms. The molecule has 0 bridgehead atoms. The first-order valence-corrected chi connectivity index (χ1v) is 7.80. The fourth-order valence-corrected chi connectivity index (χ4v) is 2.33. The van der Waals surface area contributed by atoms with Gasteiger partial charge >= 0.3 is 5.97 Å². The van der Waals surface area contributed by atoms with Crippen molar-refractivity contribution in [1.29, 1.82) is 0 Å². The molecule has 2 aromatic rings. The lowest BCUT2D eigenvalue weighted by Crippen LogP contribution is -2.10. The van der Waals surface area contributed by atoms with Crippen LogP contribution < -0.4 is 14.2 Å². The van der Waals surface area contributed by atoms with Gasteiger partial charge in [-0.05, 0) is 13.0 Å². The van der Waals surface area contributed by atoms with Crippen molar-refractivity contribution in [2.45, 2.75) is 13.5 Å². The van der Waals surface area contributed by atoms with Crippen molar-refractivity contribution in [2.24, 2.45) is 0 Å². The number of hydrogen-bond acceptors (Lipinski definition) is 7. The van der Waals surface area contributed by atoms with Crippen LogP contribution in [0, 0.1) is 10.1 Å². The lowest BCUT2D eigenvalue weighted by molar-refractivity contribution is -0.385. The molecule has 0 atom stereocenters. The summed E-state index contributed by atoms with van der Waals surface area (Å²) in [5.74, 6) is 0.104. The van der Waals surface area contributed by atoms with E-state index in [0.29, 0.717) is 17.9 Å². The smallest absolute Gasteiger partial charge is 0.345 e. The van der Waals surface area contributed by atoms with E-state index in [4.69, 9.17) is 18.9 Å². The molecule has 2 aromatic carbocycles. The molecule has 0 spiro atoms. The molecule has 0 heterocycles. The number of esters is 1. The number of nitrogens with zero attached hydrogens (tertiary/aromatic N) is 1. The van der Waals surface area contributed by atoms with Crippen LogP contribution in [0.3, 0.4) is 0 Å². The van der Waals surface area contributed by atoms with E-state index in [0.717, 1.165) is 6.07 Å². The van der Waals surface area contributed by atoms with E-state index >= 15 is 0 Å². The molecule has 0 aromatic heterocycles. The minimum atomic E-state index is -0.844. The Hall–Kier alpha value is -3.29. The zero-order valence-corrected chi connectivity index (χ0v) is 14.7. The molecule has 0 aliphatic heterocycles. The van der Waals surface area contributed by atoms with E-state index in [2.05, 4.69) is 0 Å². The summed E-state index contributed by atoms with van der Waals surface area (Å²) in [6, 6.07) is 9.42.